The molecule has 3 rings (SSSR count). The van der Waals surface area contributed by atoms with E-state index in [1.807, 2.05) is 28.6 Å². The minimum atomic E-state index is 0. The number of amides is 1. The topological polar surface area (TPSA) is 74.6 Å². The van der Waals surface area contributed by atoms with Gasteiger partial charge in [0, 0.05) is 51.9 Å². The Balaban J connectivity index is 0.00000320. The van der Waals surface area contributed by atoms with Crippen molar-refractivity contribution in [3.8, 4) is 0 Å². The molecule has 2 N–H and O–H groups in total. The van der Waals surface area contributed by atoms with Crippen LogP contribution in [0.25, 0.3) is 0 Å². The van der Waals surface area contributed by atoms with Crippen molar-refractivity contribution in [3.05, 3.63) is 52.8 Å². The van der Waals surface area contributed by atoms with Crippen LogP contribution in [0, 0.1) is 13.8 Å². The zero-order chi connectivity index (χ0) is 20.6. The molecule has 0 unspecified atom stereocenters. The highest BCUT2D eigenvalue weighted by atomic mass is 127. The van der Waals surface area contributed by atoms with Crippen LogP contribution in [-0.4, -0.2) is 46.7 Å². The second kappa shape index (κ2) is 11.9. The fraction of sp³-hybridized carbons (Fsp3) is 0.500. The van der Waals surface area contributed by atoms with Gasteiger partial charge in [0.05, 0.1) is 5.69 Å². The minimum Gasteiger partial charge on any atom is -0.356 e. The fourth-order valence-corrected chi connectivity index (χ4v) is 3.67. The quantitative estimate of drug-likeness (QED) is 0.241. The van der Waals surface area contributed by atoms with E-state index in [0.29, 0.717) is 6.42 Å². The number of rotatable bonds is 8. The molecule has 0 spiro atoms. The number of fused-ring (bicyclic) bond motifs is 1. The van der Waals surface area contributed by atoms with Gasteiger partial charge in [-0.05, 0) is 43.9 Å². The molecule has 0 fully saturated rings. The van der Waals surface area contributed by atoms with Crippen molar-refractivity contribution in [2.45, 2.75) is 52.7 Å². The molecule has 7 nitrogen and oxygen atoms in total. The number of aromatic nitrogens is 2. The molecule has 1 aliphatic heterocycles. The number of aliphatic imine (C=N–C) groups is 1. The van der Waals surface area contributed by atoms with E-state index in [2.05, 4.69) is 45.8 Å². The van der Waals surface area contributed by atoms with Gasteiger partial charge in [-0.25, -0.2) is 0 Å². The van der Waals surface area contributed by atoms with Crippen molar-refractivity contribution in [1.82, 2.24) is 25.3 Å². The highest BCUT2D eigenvalue weighted by molar-refractivity contribution is 14.0. The number of carbonyl (C=O) groups excluding carboxylic acids is 1. The van der Waals surface area contributed by atoms with Gasteiger partial charge in [0.15, 0.2) is 5.96 Å². The van der Waals surface area contributed by atoms with Gasteiger partial charge >= 0.3 is 0 Å². The Kier molecular flexibility index (Phi) is 9.61. The first-order chi connectivity index (χ1) is 14.1. The van der Waals surface area contributed by atoms with Gasteiger partial charge in [0.25, 0.3) is 0 Å². The number of guanidine groups is 1. The van der Waals surface area contributed by atoms with E-state index in [1.165, 1.54) is 16.8 Å². The molecule has 1 amide bonds. The number of halogens is 1. The Morgan fingerprint density at radius 3 is 2.30 bits per heavy atom. The van der Waals surface area contributed by atoms with Gasteiger partial charge in [-0.15, -0.1) is 24.0 Å². The molecule has 8 heteroatoms. The van der Waals surface area contributed by atoms with Crippen molar-refractivity contribution < 1.29 is 4.79 Å². The van der Waals surface area contributed by atoms with Gasteiger partial charge in [-0.2, -0.15) is 5.10 Å². The molecular formula is C22H33IN6O. The zero-order valence-corrected chi connectivity index (χ0v) is 20.5. The molecule has 1 aliphatic rings. The molecule has 30 heavy (non-hydrogen) atoms. The van der Waals surface area contributed by atoms with E-state index in [9.17, 15) is 4.79 Å². The summed E-state index contributed by atoms with van der Waals surface area (Å²) in [5.74, 6) is 0.996. The normalized spacial score (nSPS) is 13.0. The molecule has 0 aliphatic carbocycles. The third kappa shape index (κ3) is 6.72. The lowest BCUT2D eigenvalue weighted by Gasteiger charge is -2.16. The van der Waals surface area contributed by atoms with Crippen molar-refractivity contribution in [2.75, 3.05) is 20.1 Å². The highest BCUT2D eigenvalue weighted by Gasteiger charge is 2.22. The summed E-state index contributed by atoms with van der Waals surface area (Å²) in [5.41, 5.74) is 4.78. The molecule has 0 atom stereocenters. The first-order valence-electron chi connectivity index (χ1n) is 10.4. The SMILES string of the molecule is CN=C(NCCCC(=O)N1Cc2ccccc2C1)NCCCn1nc(C)cc1C.I. The average Bonchev–Trinajstić information content (AvgIpc) is 3.29. The summed E-state index contributed by atoms with van der Waals surface area (Å²) in [6.45, 7) is 8.00. The maximum absolute atomic E-state index is 12.4. The lowest BCUT2D eigenvalue weighted by Crippen LogP contribution is -2.38. The van der Waals surface area contributed by atoms with Gasteiger partial charge in [0.1, 0.15) is 0 Å². The first kappa shape index (κ1) is 24.2. The van der Waals surface area contributed by atoms with Gasteiger partial charge < -0.3 is 15.5 Å². The maximum atomic E-state index is 12.4. The predicted molar refractivity (Wildman–Crippen MR) is 131 cm³/mol. The van der Waals surface area contributed by atoms with E-state index < -0.39 is 0 Å². The van der Waals surface area contributed by atoms with E-state index >= 15 is 0 Å². The van der Waals surface area contributed by atoms with Crippen molar-refractivity contribution >= 4 is 35.8 Å². The lowest BCUT2D eigenvalue weighted by molar-refractivity contribution is -0.131. The Morgan fingerprint density at radius 1 is 1.10 bits per heavy atom. The molecule has 0 bridgehead atoms. The molecule has 0 radical (unpaired) electrons. The largest absolute Gasteiger partial charge is 0.356 e. The van der Waals surface area contributed by atoms with Crippen LogP contribution in [0.15, 0.2) is 35.3 Å². The standard InChI is InChI=1S/C22H32N6O.HI/c1-17-14-18(2)28(26-17)13-7-12-25-22(23-3)24-11-6-10-21(29)27-15-19-8-4-5-9-20(19)16-27;/h4-5,8-9,14H,6-7,10-13,15-16H2,1-3H3,(H2,23,24,25);1H. The number of nitrogens with zero attached hydrogens (tertiary/aromatic N) is 4. The summed E-state index contributed by atoms with van der Waals surface area (Å²) >= 11 is 0. The second-order valence-electron chi connectivity index (χ2n) is 7.55. The van der Waals surface area contributed by atoms with Gasteiger partial charge in [-0.3, -0.25) is 14.5 Å². The smallest absolute Gasteiger partial charge is 0.223 e. The van der Waals surface area contributed by atoms with Crippen LogP contribution in [-0.2, 0) is 24.4 Å². The Bertz CT molecular complexity index is 838. The highest BCUT2D eigenvalue weighted by Crippen LogP contribution is 2.22. The van der Waals surface area contributed by atoms with E-state index in [0.717, 1.165) is 57.2 Å². The number of nitrogens with one attached hydrogen (secondary N) is 2. The summed E-state index contributed by atoms with van der Waals surface area (Å²) in [7, 11) is 1.77. The van der Waals surface area contributed by atoms with Crippen LogP contribution in [0.2, 0.25) is 0 Å². The minimum absolute atomic E-state index is 0. The zero-order valence-electron chi connectivity index (χ0n) is 18.1. The Labute approximate surface area is 196 Å². The molecule has 1 aromatic carbocycles. The second-order valence-corrected chi connectivity index (χ2v) is 7.55. The molecule has 2 aromatic rings. The van der Waals surface area contributed by atoms with Crippen molar-refractivity contribution in [1.29, 1.82) is 0 Å². The number of hydrogen-bond donors (Lipinski definition) is 2. The van der Waals surface area contributed by atoms with Crippen LogP contribution >= 0.6 is 24.0 Å². The Hall–Kier alpha value is -2.10. The average molecular weight is 524 g/mol. The molecule has 0 saturated heterocycles. The predicted octanol–water partition coefficient (Wildman–Crippen LogP) is 3.00. The van der Waals surface area contributed by atoms with E-state index in [1.54, 1.807) is 7.05 Å². The van der Waals surface area contributed by atoms with E-state index in [4.69, 9.17) is 0 Å². The summed E-state index contributed by atoms with van der Waals surface area (Å²) in [6, 6.07) is 10.4. The number of hydrogen-bond acceptors (Lipinski definition) is 3. The van der Waals surface area contributed by atoms with Crippen LogP contribution in [0.3, 0.4) is 0 Å². The summed E-state index contributed by atoms with van der Waals surface area (Å²) in [6.07, 6.45) is 2.31. The van der Waals surface area contributed by atoms with Crippen molar-refractivity contribution in [2.24, 2.45) is 4.99 Å². The monoisotopic (exact) mass is 524 g/mol. The summed E-state index contributed by atoms with van der Waals surface area (Å²) < 4.78 is 2.04. The van der Waals surface area contributed by atoms with Crippen LogP contribution in [0.1, 0.15) is 41.8 Å². The summed E-state index contributed by atoms with van der Waals surface area (Å²) in [5, 5.41) is 11.1. The number of aryl methyl sites for hydroxylation is 3. The first-order valence-corrected chi connectivity index (χ1v) is 10.4. The molecule has 0 saturated carbocycles. The molecule has 2 heterocycles. The van der Waals surface area contributed by atoms with Crippen LogP contribution in [0.4, 0.5) is 0 Å². The van der Waals surface area contributed by atoms with Gasteiger partial charge in [-0.1, -0.05) is 24.3 Å². The van der Waals surface area contributed by atoms with E-state index in [-0.39, 0.29) is 29.9 Å². The number of benzene rings is 1. The van der Waals surface area contributed by atoms with Crippen LogP contribution < -0.4 is 10.6 Å². The lowest BCUT2D eigenvalue weighted by atomic mass is 10.1. The van der Waals surface area contributed by atoms with Crippen molar-refractivity contribution in [3.63, 3.8) is 0 Å². The number of carbonyl (C=O) groups is 1. The third-order valence-corrected chi connectivity index (χ3v) is 5.22. The maximum Gasteiger partial charge on any atom is 0.223 e. The van der Waals surface area contributed by atoms with Crippen LogP contribution in [0.5, 0.6) is 0 Å². The van der Waals surface area contributed by atoms with Gasteiger partial charge in [0.2, 0.25) is 5.91 Å². The molecule has 1 aromatic heterocycles. The third-order valence-electron chi connectivity index (χ3n) is 5.22. The fourth-order valence-electron chi connectivity index (χ4n) is 3.67. The summed E-state index contributed by atoms with van der Waals surface area (Å²) in [4.78, 5) is 18.6. The molecule has 164 valence electrons. The Morgan fingerprint density at radius 2 is 1.73 bits per heavy atom. The molecular weight excluding hydrogens is 491 g/mol.